The van der Waals surface area contributed by atoms with E-state index >= 15 is 0 Å². The van der Waals surface area contributed by atoms with Crippen molar-refractivity contribution in [1.82, 2.24) is 0 Å². The van der Waals surface area contributed by atoms with Gasteiger partial charge in [0, 0.05) is 24.7 Å². The van der Waals surface area contributed by atoms with Gasteiger partial charge in [0.2, 0.25) is 0 Å². The molecule has 1 N–H and O–H groups in total. The number of unbranched alkanes of at least 4 members (excludes halogenated alkanes) is 1. The number of ether oxygens (including phenoxy) is 1. The average Bonchev–Trinajstić information content (AvgIpc) is 3.35. The molecule has 2 bridgehead atoms. The summed E-state index contributed by atoms with van der Waals surface area (Å²) in [5, 5.41) is 10.4. The van der Waals surface area contributed by atoms with Crippen molar-refractivity contribution in [3.8, 4) is 0 Å². The van der Waals surface area contributed by atoms with Crippen LogP contribution in [0.4, 0.5) is 0 Å². The molecule has 1 aliphatic heterocycles. The summed E-state index contributed by atoms with van der Waals surface area (Å²) in [6.07, 6.45) is 13.6. The fourth-order valence-electron chi connectivity index (χ4n) is 4.39. The lowest BCUT2D eigenvalue weighted by Gasteiger charge is -2.27. The highest BCUT2D eigenvalue weighted by atomic mass is 17.2. The molecule has 0 amide bonds. The quantitative estimate of drug-likeness (QED) is 0.221. The van der Waals surface area contributed by atoms with Gasteiger partial charge in [0.15, 0.2) is 0 Å². The van der Waals surface area contributed by atoms with Crippen molar-refractivity contribution in [2.24, 2.45) is 11.8 Å². The minimum absolute atomic E-state index is 0.0510. The van der Waals surface area contributed by atoms with Crippen molar-refractivity contribution in [2.45, 2.75) is 83.2 Å². The number of benzene rings is 1. The Balaban J connectivity index is 1.41. The number of hydrogen-bond donors (Lipinski definition) is 1. The number of carbonyl (C=O) groups is 1. The second-order valence-corrected chi connectivity index (χ2v) is 8.86. The third-order valence-corrected chi connectivity index (χ3v) is 5.99. The molecule has 1 aromatic rings. The second-order valence-electron chi connectivity index (χ2n) is 8.86. The van der Waals surface area contributed by atoms with Gasteiger partial charge in [0.25, 0.3) is 0 Å². The van der Waals surface area contributed by atoms with E-state index in [1.165, 1.54) is 5.56 Å². The lowest BCUT2D eigenvalue weighted by molar-refractivity contribution is -0.336. The van der Waals surface area contributed by atoms with E-state index in [0.29, 0.717) is 18.8 Å². The van der Waals surface area contributed by atoms with Crippen LogP contribution in [0.25, 0.3) is 0 Å². The smallest absolute Gasteiger partial charge is 0.306 e. The van der Waals surface area contributed by atoms with Crippen LogP contribution in [0.1, 0.15) is 57.9 Å². The first-order valence-corrected chi connectivity index (χ1v) is 11.6. The van der Waals surface area contributed by atoms with Crippen LogP contribution in [0.5, 0.6) is 0 Å². The molecule has 1 aromatic carbocycles. The standard InChI is InChI=1S/C26H36O5/c1-19(2)29-26(28)13-9-4-3-8-12-22-23(25-18-24(22)30-31-25)17-16-21(27)15-14-20-10-6-5-7-11-20/h3,5-8,10-11,16-17,19,21-25,27H,4,9,12-15,18H2,1-2H3/b8-3+,17-16+. The lowest BCUT2D eigenvalue weighted by atomic mass is 9.89. The number of rotatable bonds is 12. The van der Waals surface area contributed by atoms with Crippen LogP contribution in [0.15, 0.2) is 54.6 Å². The minimum atomic E-state index is -0.456. The second kappa shape index (κ2) is 12.2. The summed E-state index contributed by atoms with van der Waals surface area (Å²) in [6.45, 7) is 3.73. The molecule has 1 aliphatic carbocycles. The van der Waals surface area contributed by atoms with E-state index in [-0.39, 0.29) is 30.2 Å². The Morgan fingerprint density at radius 2 is 1.97 bits per heavy atom. The van der Waals surface area contributed by atoms with Crippen LogP contribution in [0.3, 0.4) is 0 Å². The number of carbonyl (C=O) groups excluding carboxylic acids is 1. The molecule has 5 heteroatoms. The first-order chi connectivity index (χ1) is 15.0. The molecule has 0 radical (unpaired) electrons. The molecule has 1 heterocycles. The molecule has 5 atom stereocenters. The fraction of sp³-hybridized carbons (Fsp3) is 0.577. The molecular weight excluding hydrogens is 392 g/mol. The molecule has 1 saturated heterocycles. The summed E-state index contributed by atoms with van der Waals surface area (Å²) >= 11 is 0. The summed E-state index contributed by atoms with van der Waals surface area (Å²) in [7, 11) is 0. The minimum Gasteiger partial charge on any atom is -0.463 e. The normalized spacial score (nSPS) is 26.3. The number of fused-ring (bicyclic) bond motifs is 2. The van der Waals surface area contributed by atoms with E-state index in [1.807, 2.05) is 38.1 Å². The summed E-state index contributed by atoms with van der Waals surface area (Å²) < 4.78 is 5.15. The van der Waals surface area contributed by atoms with Gasteiger partial charge in [-0.25, -0.2) is 9.78 Å². The molecule has 1 saturated carbocycles. The van der Waals surface area contributed by atoms with Crippen molar-refractivity contribution in [2.75, 3.05) is 0 Å². The Morgan fingerprint density at radius 1 is 1.19 bits per heavy atom. The van der Waals surface area contributed by atoms with Crippen molar-refractivity contribution in [1.29, 1.82) is 0 Å². The number of esters is 1. The van der Waals surface area contributed by atoms with E-state index in [4.69, 9.17) is 14.5 Å². The molecule has 2 aliphatic rings. The van der Waals surface area contributed by atoms with Gasteiger partial charge in [0.05, 0.1) is 18.3 Å². The molecule has 0 aromatic heterocycles. The van der Waals surface area contributed by atoms with Crippen LogP contribution in [-0.2, 0) is 25.7 Å². The van der Waals surface area contributed by atoms with Crippen LogP contribution in [0.2, 0.25) is 0 Å². The largest absolute Gasteiger partial charge is 0.463 e. The van der Waals surface area contributed by atoms with Crippen LogP contribution in [0, 0.1) is 11.8 Å². The molecule has 170 valence electrons. The van der Waals surface area contributed by atoms with Crippen LogP contribution < -0.4 is 0 Å². The topological polar surface area (TPSA) is 65.0 Å². The van der Waals surface area contributed by atoms with Crippen molar-refractivity contribution >= 4 is 5.97 Å². The van der Waals surface area contributed by atoms with Gasteiger partial charge in [-0.2, -0.15) is 0 Å². The average molecular weight is 429 g/mol. The predicted molar refractivity (Wildman–Crippen MR) is 120 cm³/mol. The van der Waals surface area contributed by atoms with Crippen molar-refractivity contribution in [3.63, 3.8) is 0 Å². The maximum Gasteiger partial charge on any atom is 0.306 e. The number of aryl methyl sites for hydroxylation is 1. The van der Waals surface area contributed by atoms with Gasteiger partial charge < -0.3 is 9.84 Å². The highest BCUT2D eigenvalue weighted by molar-refractivity contribution is 5.69. The predicted octanol–water partition coefficient (Wildman–Crippen LogP) is 4.94. The molecule has 5 unspecified atom stereocenters. The third-order valence-electron chi connectivity index (χ3n) is 5.99. The summed E-state index contributed by atoms with van der Waals surface area (Å²) in [4.78, 5) is 22.5. The highest BCUT2D eigenvalue weighted by Crippen LogP contribution is 2.44. The van der Waals surface area contributed by atoms with Gasteiger partial charge in [0.1, 0.15) is 6.10 Å². The zero-order valence-corrected chi connectivity index (χ0v) is 18.7. The third kappa shape index (κ3) is 7.60. The van der Waals surface area contributed by atoms with E-state index in [2.05, 4.69) is 30.4 Å². The van der Waals surface area contributed by atoms with Gasteiger partial charge in [-0.15, -0.1) is 0 Å². The van der Waals surface area contributed by atoms with Crippen LogP contribution >= 0.6 is 0 Å². The first kappa shape index (κ1) is 23.7. The maximum absolute atomic E-state index is 11.6. The lowest BCUT2D eigenvalue weighted by Crippen LogP contribution is -2.28. The Hall–Kier alpha value is -1.95. The Bertz CT molecular complexity index is 727. The molecule has 3 rings (SSSR count). The maximum atomic E-state index is 11.6. The highest BCUT2D eigenvalue weighted by Gasteiger charge is 2.49. The Kier molecular flexibility index (Phi) is 9.31. The van der Waals surface area contributed by atoms with E-state index in [0.717, 1.165) is 32.1 Å². The van der Waals surface area contributed by atoms with E-state index in [9.17, 15) is 9.90 Å². The Morgan fingerprint density at radius 3 is 2.74 bits per heavy atom. The molecular formula is C26H36O5. The van der Waals surface area contributed by atoms with Gasteiger partial charge in [-0.05, 0) is 51.5 Å². The van der Waals surface area contributed by atoms with Crippen LogP contribution in [-0.4, -0.2) is 35.5 Å². The van der Waals surface area contributed by atoms with Gasteiger partial charge in [-0.1, -0.05) is 54.6 Å². The monoisotopic (exact) mass is 428 g/mol. The summed E-state index contributed by atoms with van der Waals surface area (Å²) in [5.41, 5.74) is 1.24. The molecule has 5 nitrogen and oxygen atoms in total. The number of aliphatic hydroxyl groups is 1. The molecule has 0 spiro atoms. The Labute approximate surface area is 186 Å². The fourth-order valence-corrected chi connectivity index (χ4v) is 4.39. The SMILES string of the molecule is CC(C)OC(=O)CCC/C=C/CC1C2CC(OO2)C1/C=C/C(O)CCc1ccccc1. The number of hydrogen-bond acceptors (Lipinski definition) is 5. The van der Waals surface area contributed by atoms with E-state index < -0.39 is 6.10 Å². The first-order valence-electron chi connectivity index (χ1n) is 11.6. The zero-order valence-electron chi connectivity index (χ0n) is 18.7. The summed E-state index contributed by atoms with van der Waals surface area (Å²) in [5.74, 6) is 0.493. The molecule has 2 fully saturated rings. The van der Waals surface area contributed by atoms with E-state index in [1.54, 1.807) is 0 Å². The number of allylic oxidation sites excluding steroid dienone is 2. The van der Waals surface area contributed by atoms with Gasteiger partial charge in [-0.3, -0.25) is 4.79 Å². The summed E-state index contributed by atoms with van der Waals surface area (Å²) in [6, 6.07) is 10.2. The zero-order chi connectivity index (χ0) is 22.1. The van der Waals surface area contributed by atoms with Crippen molar-refractivity contribution in [3.05, 3.63) is 60.2 Å². The van der Waals surface area contributed by atoms with Gasteiger partial charge >= 0.3 is 5.97 Å². The molecule has 31 heavy (non-hydrogen) atoms. The number of aliphatic hydroxyl groups excluding tert-OH is 1. The van der Waals surface area contributed by atoms with Crippen molar-refractivity contribution < 1.29 is 24.4 Å².